The summed E-state index contributed by atoms with van der Waals surface area (Å²) in [7, 11) is 0. The van der Waals surface area contributed by atoms with Crippen molar-refractivity contribution in [2.24, 2.45) is 0 Å². The van der Waals surface area contributed by atoms with E-state index in [2.05, 4.69) is 31.8 Å². The van der Waals surface area contributed by atoms with Crippen molar-refractivity contribution in [3.63, 3.8) is 0 Å². The fraction of sp³-hybridized carbons (Fsp3) is 0.294. The third-order valence-corrected chi connectivity index (χ3v) is 4.88. The van der Waals surface area contributed by atoms with E-state index in [1.54, 1.807) is 6.07 Å². The topological polar surface area (TPSA) is 58.9 Å². The molecule has 2 aliphatic rings. The first-order valence-electron chi connectivity index (χ1n) is 7.81. The fourth-order valence-electron chi connectivity index (χ4n) is 3.38. The maximum atomic E-state index is 11.1. The monoisotopic (exact) mass is 389 g/mol. The normalized spacial score (nSPS) is 15.7. The number of nitro groups is 1. The highest BCUT2D eigenvalue weighted by molar-refractivity contribution is 9.10. The zero-order valence-corrected chi connectivity index (χ0v) is 14.5. The van der Waals surface area contributed by atoms with E-state index in [0.717, 1.165) is 46.8 Å². The Kier molecular flexibility index (Phi) is 3.80. The van der Waals surface area contributed by atoms with Crippen molar-refractivity contribution >= 4 is 33.0 Å². The van der Waals surface area contributed by atoms with Crippen LogP contribution in [-0.4, -0.2) is 31.2 Å². The van der Waals surface area contributed by atoms with Crippen LogP contribution in [0.4, 0.5) is 17.1 Å². The lowest BCUT2D eigenvalue weighted by molar-refractivity contribution is -0.385. The number of benzene rings is 2. The molecule has 124 valence electrons. The molecular formula is C17H16BrN3O3. The van der Waals surface area contributed by atoms with Crippen molar-refractivity contribution in [3.05, 3.63) is 56.5 Å². The smallest absolute Gasteiger partial charge is 0.270 e. The minimum Gasteiger partial charge on any atom is -0.489 e. The molecule has 0 N–H and O–H groups in total. The second kappa shape index (κ2) is 5.98. The van der Waals surface area contributed by atoms with E-state index in [0.29, 0.717) is 13.2 Å². The Balaban J connectivity index is 1.68. The van der Waals surface area contributed by atoms with Crippen molar-refractivity contribution in [1.82, 2.24) is 0 Å². The highest BCUT2D eigenvalue weighted by Crippen LogP contribution is 2.43. The Labute approximate surface area is 147 Å². The van der Waals surface area contributed by atoms with E-state index in [4.69, 9.17) is 4.74 Å². The number of ether oxygens (including phenoxy) is 1. The van der Waals surface area contributed by atoms with E-state index >= 15 is 0 Å². The molecule has 0 spiro atoms. The third-order valence-electron chi connectivity index (χ3n) is 4.42. The van der Waals surface area contributed by atoms with Gasteiger partial charge in [0.1, 0.15) is 18.0 Å². The van der Waals surface area contributed by atoms with Gasteiger partial charge in [-0.05, 0) is 23.8 Å². The van der Waals surface area contributed by atoms with Gasteiger partial charge < -0.3 is 14.5 Å². The fourth-order valence-corrected chi connectivity index (χ4v) is 3.91. The van der Waals surface area contributed by atoms with Crippen LogP contribution in [0, 0.1) is 10.1 Å². The number of para-hydroxylation sites is 1. The van der Waals surface area contributed by atoms with E-state index in [-0.39, 0.29) is 10.6 Å². The second-order valence-electron chi connectivity index (χ2n) is 5.96. The van der Waals surface area contributed by atoms with E-state index in [1.165, 1.54) is 6.07 Å². The summed E-state index contributed by atoms with van der Waals surface area (Å²) in [5, 5.41) is 11.1. The zero-order valence-electron chi connectivity index (χ0n) is 12.9. The van der Waals surface area contributed by atoms with Crippen molar-refractivity contribution in [2.45, 2.75) is 6.54 Å². The van der Waals surface area contributed by atoms with Crippen molar-refractivity contribution in [1.29, 1.82) is 0 Å². The number of rotatable bonds is 3. The summed E-state index contributed by atoms with van der Waals surface area (Å²) in [6, 6.07) is 11.2. The number of nitrogens with zero attached hydrogens (tertiary/aromatic N) is 3. The van der Waals surface area contributed by atoms with E-state index in [9.17, 15) is 10.1 Å². The lowest BCUT2D eigenvalue weighted by Crippen LogP contribution is -2.44. The van der Waals surface area contributed by atoms with Gasteiger partial charge in [0.15, 0.2) is 0 Å². The Morgan fingerprint density at radius 2 is 2.08 bits per heavy atom. The van der Waals surface area contributed by atoms with Gasteiger partial charge in [-0.3, -0.25) is 10.1 Å². The molecule has 6 nitrogen and oxygen atoms in total. The van der Waals surface area contributed by atoms with Crippen LogP contribution in [-0.2, 0) is 6.54 Å². The lowest BCUT2D eigenvalue weighted by Gasteiger charge is -2.42. The van der Waals surface area contributed by atoms with E-state index < -0.39 is 0 Å². The maximum absolute atomic E-state index is 11.1. The molecule has 2 heterocycles. The molecule has 0 aliphatic carbocycles. The van der Waals surface area contributed by atoms with Gasteiger partial charge in [-0.1, -0.05) is 22.0 Å². The molecule has 0 aromatic heterocycles. The van der Waals surface area contributed by atoms with Crippen LogP contribution in [0.1, 0.15) is 5.56 Å². The van der Waals surface area contributed by atoms with Crippen LogP contribution in [0.15, 0.2) is 40.9 Å². The molecule has 4 rings (SSSR count). The molecule has 2 aromatic rings. The Hall–Kier alpha value is -2.28. The first-order valence-corrected chi connectivity index (χ1v) is 8.61. The summed E-state index contributed by atoms with van der Waals surface area (Å²) in [4.78, 5) is 15.3. The summed E-state index contributed by atoms with van der Waals surface area (Å²) in [5.74, 6) is 0.920. The Morgan fingerprint density at radius 1 is 1.21 bits per heavy atom. The van der Waals surface area contributed by atoms with Crippen LogP contribution >= 0.6 is 15.9 Å². The standard InChI is InChI=1S/C17H16BrN3O3/c18-13-8-12(9-14(10-13)21(22)23)11-20-5-4-19-6-7-24-16-3-1-2-15(20)17(16)19/h1-3,8-10H,4-7,11H2. The quantitative estimate of drug-likeness (QED) is 0.593. The van der Waals surface area contributed by atoms with Gasteiger partial charge in [-0.25, -0.2) is 0 Å². The molecule has 0 saturated heterocycles. The van der Waals surface area contributed by atoms with Gasteiger partial charge in [0.2, 0.25) is 0 Å². The predicted molar refractivity (Wildman–Crippen MR) is 96.0 cm³/mol. The SMILES string of the molecule is O=[N+]([O-])c1cc(Br)cc(CN2CCN3CCOc4cccc2c43)c1. The van der Waals surface area contributed by atoms with Gasteiger partial charge in [-0.15, -0.1) is 0 Å². The van der Waals surface area contributed by atoms with Gasteiger partial charge in [0, 0.05) is 36.2 Å². The minimum absolute atomic E-state index is 0.108. The predicted octanol–water partition coefficient (Wildman–Crippen LogP) is 3.58. The highest BCUT2D eigenvalue weighted by atomic mass is 79.9. The third kappa shape index (κ3) is 2.69. The molecule has 0 saturated carbocycles. The number of nitro benzene ring substituents is 1. The van der Waals surface area contributed by atoms with Crippen molar-refractivity contribution in [2.75, 3.05) is 36.0 Å². The van der Waals surface area contributed by atoms with Gasteiger partial charge >= 0.3 is 0 Å². The summed E-state index contributed by atoms with van der Waals surface area (Å²) in [6.07, 6.45) is 0. The van der Waals surface area contributed by atoms with Gasteiger partial charge in [-0.2, -0.15) is 0 Å². The first-order chi connectivity index (χ1) is 11.6. The molecule has 2 aliphatic heterocycles. The molecule has 0 fully saturated rings. The van der Waals surface area contributed by atoms with Crippen molar-refractivity contribution < 1.29 is 9.66 Å². The van der Waals surface area contributed by atoms with Crippen molar-refractivity contribution in [3.8, 4) is 5.75 Å². The average Bonchev–Trinajstić information content (AvgIpc) is 2.57. The highest BCUT2D eigenvalue weighted by Gasteiger charge is 2.28. The minimum atomic E-state index is -0.357. The van der Waals surface area contributed by atoms with Gasteiger partial charge in [0.05, 0.1) is 17.2 Å². The molecule has 24 heavy (non-hydrogen) atoms. The Bertz CT molecular complexity index is 812. The zero-order chi connectivity index (χ0) is 16.7. The Morgan fingerprint density at radius 3 is 2.92 bits per heavy atom. The summed E-state index contributed by atoms with van der Waals surface area (Å²) in [5.41, 5.74) is 3.29. The molecule has 0 unspecified atom stereocenters. The molecule has 0 amide bonds. The molecule has 0 radical (unpaired) electrons. The molecule has 2 aromatic carbocycles. The average molecular weight is 390 g/mol. The summed E-state index contributed by atoms with van der Waals surface area (Å²) in [6.45, 7) is 4.07. The summed E-state index contributed by atoms with van der Waals surface area (Å²) < 4.78 is 6.50. The molecule has 0 bridgehead atoms. The van der Waals surface area contributed by atoms with Crippen LogP contribution in [0.3, 0.4) is 0 Å². The van der Waals surface area contributed by atoms with Crippen LogP contribution in [0.25, 0.3) is 0 Å². The number of hydrogen-bond donors (Lipinski definition) is 0. The largest absolute Gasteiger partial charge is 0.489 e. The van der Waals surface area contributed by atoms with Gasteiger partial charge in [0.25, 0.3) is 5.69 Å². The number of non-ortho nitro benzene ring substituents is 1. The first kappa shape index (κ1) is 15.3. The van der Waals surface area contributed by atoms with E-state index in [1.807, 2.05) is 18.2 Å². The van der Waals surface area contributed by atoms with Crippen LogP contribution in [0.2, 0.25) is 0 Å². The number of hydrogen-bond acceptors (Lipinski definition) is 5. The number of halogens is 1. The molecule has 0 atom stereocenters. The lowest BCUT2D eigenvalue weighted by atomic mass is 10.1. The van der Waals surface area contributed by atoms with Crippen LogP contribution < -0.4 is 14.5 Å². The maximum Gasteiger partial charge on any atom is 0.270 e. The number of anilines is 2. The second-order valence-corrected chi connectivity index (χ2v) is 6.87. The molecular weight excluding hydrogens is 374 g/mol. The summed E-state index contributed by atoms with van der Waals surface area (Å²) >= 11 is 3.37. The molecule has 7 heteroatoms. The van der Waals surface area contributed by atoms with Crippen LogP contribution in [0.5, 0.6) is 5.75 Å².